The number of nitrogens with one attached hydrogen (secondary N) is 1. The lowest BCUT2D eigenvalue weighted by molar-refractivity contribution is -0.384. The fourth-order valence-corrected chi connectivity index (χ4v) is 2.16. The highest BCUT2D eigenvalue weighted by Crippen LogP contribution is 2.28. The minimum atomic E-state index is -0.721. The quantitative estimate of drug-likeness (QED) is 0.454. The summed E-state index contributed by atoms with van der Waals surface area (Å²) < 4.78 is 15.5. The number of non-ortho nitro benzene ring substituents is 1. The van der Waals surface area contributed by atoms with Gasteiger partial charge in [0.1, 0.15) is 17.1 Å². The number of methoxy groups -OCH3 is 1. The molecule has 0 aliphatic rings. The number of nitro groups is 1. The molecule has 0 saturated heterocycles. The molecule has 28 heavy (non-hydrogen) atoms. The SMILES string of the molecule is COC(=O)c1cc(Oc2ccc([N+](=O)[O-])cc2)ccc1NC(=O)OC(C)(C)C. The van der Waals surface area contributed by atoms with E-state index >= 15 is 0 Å². The number of nitro benzene ring substituents is 1. The van der Waals surface area contributed by atoms with Crippen molar-refractivity contribution in [1.82, 2.24) is 0 Å². The van der Waals surface area contributed by atoms with Crippen LogP contribution in [0.1, 0.15) is 31.1 Å². The van der Waals surface area contributed by atoms with Crippen LogP contribution in [0, 0.1) is 10.1 Å². The van der Waals surface area contributed by atoms with Crippen LogP contribution in [0.2, 0.25) is 0 Å². The summed E-state index contributed by atoms with van der Waals surface area (Å²) in [6.07, 6.45) is -0.721. The number of esters is 1. The van der Waals surface area contributed by atoms with Gasteiger partial charge in [0.25, 0.3) is 5.69 Å². The average molecular weight is 388 g/mol. The number of benzene rings is 2. The largest absolute Gasteiger partial charge is 0.465 e. The minimum Gasteiger partial charge on any atom is -0.465 e. The van der Waals surface area contributed by atoms with E-state index in [0.717, 1.165) is 0 Å². The molecule has 0 aliphatic carbocycles. The van der Waals surface area contributed by atoms with Crippen LogP contribution in [0.4, 0.5) is 16.2 Å². The second-order valence-electron chi connectivity index (χ2n) is 6.68. The molecular weight excluding hydrogens is 368 g/mol. The Hall–Kier alpha value is -3.62. The lowest BCUT2D eigenvalue weighted by Gasteiger charge is -2.20. The van der Waals surface area contributed by atoms with Crippen molar-refractivity contribution in [2.45, 2.75) is 26.4 Å². The normalized spacial score (nSPS) is 10.7. The number of anilines is 1. The van der Waals surface area contributed by atoms with Crippen molar-refractivity contribution < 1.29 is 28.7 Å². The van der Waals surface area contributed by atoms with Gasteiger partial charge in [0.2, 0.25) is 0 Å². The maximum absolute atomic E-state index is 12.1. The summed E-state index contributed by atoms with van der Waals surface area (Å²) in [5.74, 6) is -0.0570. The average Bonchev–Trinajstić information content (AvgIpc) is 2.61. The maximum Gasteiger partial charge on any atom is 0.412 e. The molecule has 0 atom stereocenters. The number of ether oxygens (including phenoxy) is 3. The van der Waals surface area contributed by atoms with Gasteiger partial charge in [-0.3, -0.25) is 15.4 Å². The Labute approximate surface area is 161 Å². The third-order valence-corrected chi connectivity index (χ3v) is 3.32. The van der Waals surface area contributed by atoms with Crippen molar-refractivity contribution in [3.63, 3.8) is 0 Å². The molecule has 0 aromatic heterocycles. The fraction of sp³-hybridized carbons (Fsp3) is 0.263. The molecule has 2 aromatic carbocycles. The van der Waals surface area contributed by atoms with Gasteiger partial charge >= 0.3 is 12.1 Å². The smallest absolute Gasteiger partial charge is 0.412 e. The Bertz CT molecular complexity index is 886. The Balaban J connectivity index is 2.24. The van der Waals surface area contributed by atoms with Crippen LogP contribution < -0.4 is 10.1 Å². The maximum atomic E-state index is 12.1. The Kier molecular flexibility index (Phi) is 6.19. The molecular formula is C19H20N2O7. The summed E-state index contributed by atoms with van der Waals surface area (Å²) in [7, 11) is 1.21. The number of nitrogens with zero attached hydrogens (tertiary/aromatic N) is 1. The van der Waals surface area contributed by atoms with Crippen LogP contribution in [0.3, 0.4) is 0 Å². The van der Waals surface area contributed by atoms with Gasteiger partial charge in [-0.15, -0.1) is 0 Å². The molecule has 9 nitrogen and oxygen atoms in total. The van der Waals surface area contributed by atoms with Crippen LogP contribution >= 0.6 is 0 Å². The first-order chi connectivity index (χ1) is 13.1. The van der Waals surface area contributed by atoms with E-state index in [2.05, 4.69) is 5.32 Å². The molecule has 1 amide bonds. The van der Waals surface area contributed by atoms with Crippen molar-refractivity contribution in [2.75, 3.05) is 12.4 Å². The predicted octanol–water partition coefficient (Wildman–Crippen LogP) is 4.52. The lowest BCUT2D eigenvalue weighted by atomic mass is 10.1. The third kappa shape index (κ3) is 5.70. The summed E-state index contributed by atoms with van der Waals surface area (Å²) in [5, 5.41) is 13.2. The Morgan fingerprint density at radius 1 is 1.04 bits per heavy atom. The minimum absolute atomic E-state index is 0.0628. The zero-order chi connectivity index (χ0) is 20.9. The van der Waals surface area contributed by atoms with E-state index in [1.165, 1.54) is 49.6 Å². The molecule has 0 radical (unpaired) electrons. The van der Waals surface area contributed by atoms with Crippen molar-refractivity contribution in [3.05, 3.63) is 58.1 Å². The second-order valence-corrected chi connectivity index (χ2v) is 6.68. The van der Waals surface area contributed by atoms with Crippen LogP contribution in [0.5, 0.6) is 11.5 Å². The summed E-state index contributed by atoms with van der Waals surface area (Å²) in [5.41, 5.74) is -0.515. The number of hydrogen-bond acceptors (Lipinski definition) is 7. The first-order valence-corrected chi connectivity index (χ1v) is 8.24. The van der Waals surface area contributed by atoms with Crippen LogP contribution in [0.15, 0.2) is 42.5 Å². The molecule has 0 aliphatic heterocycles. The Morgan fingerprint density at radius 2 is 1.64 bits per heavy atom. The number of hydrogen-bond donors (Lipinski definition) is 1. The number of rotatable bonds is 5. The van der Waals surface area contributed by atoms with Crippen molar-refractivity contribution >= 4 is 23.4 Å². The van der Waals surface area contributed by atoms with E-state index in [1.54, 1.807) is 20.8 Å². The molecule has 0 spiro atoms. The molecule has 2 aromatic rings. The lowest BCUT2D eigenvalue weighted by Crippen LogP contribution is -2.27. The van der Waals surface area contributed by atoms with Gasteiger partial charge in [0.05, 0.1) is 23.3 Å². The molecule has 1 N–H and O–H groups in total. The summed E-state index contributed by atoms with van der Waals surface area (Å²) in [6.45, 7) is 5.15. The van der Waals surface area contributed by atoms with Gasteiger partial charge < -0.3 is 14.2 Å². The first-order valence-electron chi connectivity index (χ1n) is 8.24. The molecule has 0 unspecified atom stereocenters. The van der Waals surface area contributed by atoms with E-state index < -0.39 is 22.6 Å². The van der Waals surface area contributed by atoms with Gasteiger partial charge in [0.15, 0.2) is 0 Å². The highest BCUT2D eigenvalue weighted by molar-refractivity contribution is 6.00. The van der Waals surface area contributed by atoms with Gasteiger partial charge in [-0.2, -0.15) is 0 Å². The van der Waals surface area contributed by atoms with E-state index in [4.69, 9.17) is 14.2 Å². The Morgan fingerprint density at radius 3 is 2.18 bits per heavy atom. The summed E-state index contributed by atoms with van der Waals surface area (Å²) >= 11 is 0. The van der Waals surface area contributed by atoms with Gasteiger partial charge in [-0.25, -0.2) is 9.59 Å². The molecule has 0 saturated carbocycles. The molecule has 9 heteroatoms. The zero-order valence-electron chi connectivity index (χ0n) is 15.8. The number of carbonyl (C=O) groups excluding carboxylic acids is 2. The molecule has 0 bridgehead atoms. The highest BCUT2D eigenvalue weighted by Gasteiger charge is 2.20. The van der Waals surface area contributed by atoms with Gasteiger partial charge in [-0.1, -0.05) is 0 Å². The highest BCUT2D eigenvalue weighted by atomic mass is 16.6. The van der Waals surface area contributed by atoms with E-state index in [9.17, 15) is 19.7 Å². The van der Waals surface area contributed by atoms with Gasteiger partial charge in [-0.05, 0) is 51.1 Å². The van der Waals surface area contributed by atoms with Gasteiger partial charge in [0, 0.05) is 12.1 Å². The number of carbonyl (C=O) groups is 2. The van der Waals surface area contributed by atoms with Crippen molar-refractivity contribution in [3.8, 4) is 11.5 Å². The van der Waals surface area contributed by atoms with Crippen LogP contribution in [-0.2, 0) is 9.47 Å². The predicted molar refractivity (Wildman–Crippen MR) is 101 cm³/mol. The molecule has 148 valence electrons. The summed E-state index contributed by atoms with van der Waals surface area (Å²) in [4.78, 5) is 34.2. The van der Waals surface area contributed by atoms with Crippen LogP contribution in [0.25, 0.3) is 0 Å². The van der Waals surface area contributed by atoms with Crippen molar-refractivity contribution in [2.24, 2.45) is 0 Å². The van der Waals surface area contributed by atoms with E-state index in [-0.39, 0.29) is 22.7 Å². The number of amides is 1. The molecule has 2 rings (SSSR count). The molecule has 0 heterocycles. The topological polar surface area (TPSA) is 117 Å². The first kappa shape index (κ1) is 20.7. The summed E-state index contributed by atoms with van der Waals surface area (Å²) in [6, 6.07) is 9.85. The molecule has 0 fully saturated rings. The second kappa shape index (κ2) is 8.38. The third-order valence-electron chi connectivity index (χ3n) is 3.32. The monoisotopic (exact) mass is 388 g/mol. The van der Waals surface area contributed by atoms with E-state index in [1.807, 2.05) is 0 Å². The standard InChI is InChI=1S/C19H20N2O7/c1-19(2,3)28-18(23)20-16-10-9-14(11-15(16)17(22)26-4)27-13-7-5-12(6-8-13)21(24)25/h5-11H,1-4H3,(H,20,23). The zero-order valence-corrected chi connectivity index (χ0v) is 15.8. The fourth-order valence-electron chi connectivity index (χ4n) is 2.16. The van der Waals surface area contributed by atoms with Crippen molar-refractivity contribution in [1.29, 1.82) is 0 Å². The van der Waals surface area contributed by atoms with Crippen LogP contribution in [-0.4, -0.2) is 29.7 Å². The van der Waals surface area contributed by atoms with E-state index in [0.29, 0.717) is 5.75 Å².